The number of fused-ring (bicyclic) bond motifs is 1. The molecule has 2 heterocycles. The molecule has 0 spiro atoms. The van der Waals surface area contributed by atoms with E-state index in [4.69, 9.17) is 9.47 Å². The van der Waals surface area contributed by atoms with Crippen LogP contribution in [0, 0.1) is 12.8 Å². The van der Waals surface area contributed by atoms with E-state index >= 15 is 0 Å². The van der Waals surface area contributed by atoms with E-state index in [0.29, 0.717) is 41.8 Å². The van der Waals surface area contributed by atoms with Gasteiger partial charge in [-0.25, -0.2) is 8.42 Å². The van der Waals surface area contributed by atoms with E-state index in [1.807, 2.05) is 0 Å². The van der Waals surface area contributed by atoms with E-state index in [9.17, 15) is 18.0 Å². The van der Waals surface area contributed by atoms with Crippen molar-refractivity contribution >= 4 is 38.9 Å². The van der Waals surface area contributed by atoms with E-state index in [0.717, 1.165) is 11.8 Å². The van der Waals surface area contributed by atoms with Gasteiger partial charge in [0.2, 0.25) is 21.8 Å². The van der Waals surface area contributed by atoms with Crippen molar-refractivity contribution in [1.29, 1.82) is 0 Å². The number of amides is 2. The maximum absolute atomic E-state index is 12.8. The molecule has 164 valence electrons. The molecular formula is C21H23N3O6S. The maximum atomic E-state index is 12.8. The highest BCUT2D eigenvalue weighted by Gasteiger charge is 2.35. The molecule has 2 amide bonds. The van der Waals surface area contributed by atoms with Gasteiger partial charge < -0.3 is 19.7 Å². The summed E-state index contributed by atoms with van der Waals surface area (Å²) in [5.41, 5.74) is 2.22. The Morgan fingerprint density at radius 2 is 1.84 bits per heavy atom. The van der Waals surface area contributed by atoms with Crippen LogP contribution < -0.4 is 24.4 Å². The molecule has 1 unspecified atom stereocenters. The molecule has 2 aliphatic heterocycles. The Bertz CT molecular complexity index is 1150. The molecule has 1 saturated heterocycles. The van der Waals surface area contributed by atoms with E-state index in [1.54, 1.807) is 48.2 Å². The molecule has 2 aromatic carbocycles. The van der Waals surface area contributed by atoms with Crippen LogP contribution in [-0.2, 0) is 19.6 Å². The van der Waals surface area contributed by atoms with Gasteiger partial charge in [0.25, 0.3) is 0 Å². The van der Waals surface area contributed by atoms with Crippen molar-refractivity contribution in [3.63, 3.8) is 0 Å². The number of benzene rings is 2. The summed E-state index contributed by atoms with van der Waals surface area (Å²) in [5.74, 6) is 0.222. The highest BCUT2D eigenvalue weighted by Crippen LogP contribution is 2.36. The fraction of sp³-hybridized carbons (Fsp3) is 0.333. The zero-order valence-electron chi connectivity index (χ0n) is 17.2. The number of anilines is 3. The molecule has 0 radical (unpaired) electrons. The number of carbonyl (C=O) groups is 2. The van der Waals surface area contributed by atoms with Crippen LogP contribution in [0.1, 0.15) is 12.0 Å². The second-order valence-electron chi connectivity index (χ2n) is 7.63. The molecule has 1 atom stereocenters. The number of hydrogen-bond acceptors (Lipinski definition) is 6. The Morgan fingerprint density at radius 3 is 2.58 bits per heavy atom. The summed E-state index contributed by atoms with van der Waals surface area (Å²) in [7, 11) is -3.45. The van der Waals surface area contributed by atoms with Crippen molar-refractivity contribution in [2.24, 2.45) is 5.92 Å². The fourth-order valence-corrected chi connectivity index (χ4v) is 4.21. The largest absolute Gasteiger partial charge is 0.486 e. The lowest BCUT2D eigenvalue weighted by Crippen LogP contribution is -2.28. The number of nitrogens with zero attached hydrogens (tertiary/aromatic N) is 1. The van der Waals surface area contributed by atoms with Crippen molar-refractivity contribution in [1.82, 2.24) is 0 Å². The third kappa shape index (κ3) is 4.74. The van der Waals surface area contributed by atoms with E-state index in [1.165, 1.54) is 0 Å². The topological polar surface area (TPSA) is 114 Å². The quantitative estimate of drug-likeness (QED) is 0.729. The van der Waals surface area contributed by atoms with Crippen molar-refractivity contribution in [2.45, 2.75) is 13.3 Å². The molecule has 4 rings (SSSR count). The molecule has 10 heteroatoms. The van der Waals surface area contributed by atoms with E-state index in [2.05, 4.69) is 10.0 Å². The molecule has 2 aromatic rings. The molecular weight excluding hydrogens is 422 g/mol. The van der Waals surface area contributed by atoms with E-state index in [-0.39, 0.29) is 24.8 Å². The van der Waals surface area contributed by atoms with Gasteiger partial charge in [0, 0.05) is 30.4 Å². The number of hydrogen-bond donors (Lipinski definition) is 2. The summed E-state index contributed by atoms with van der Waals surface area (Å²) < 4.78 is 36.6. The molecule has 1 fully saturated rings. The lowest BCUT2D eigenvalue weighted by atomic mass is 10.1. The number of sulfonamides is 1. The van der Waals surface area contributed by atoms with Crippen molar-refractivity contribution in [3.05, 3.63) is 42.0 Å². The first-order valence-corrected chi connectivity index (χ1v) is 11.7. The van der Waals surface area contributed by atoms with Gasteiger partial charge in [0.1, 0.15) is 13.2 Å². The summed E-state index contributed by atoms with van der Waals surface area (Å²) in [6.45, 7) is 2.93. The molecule has 0 saturated carbocycles. The van der Waals surface area contributed by atoms with Crippen LogP contribution in [0.25, 0.3) is 0 Å². The predicted molar refractivity (Wildman–Crippen MR) is 116 cm³/mol. The summed E-state index contributed by atoms with van der Waals surface area (Å²) in [4.78, 5) is 26.9. The Labute approximate surface area is 180 Å². The van der Waals surface area contributed by atoms with Crippen LogP contribution in [0.3, 0.4) is 0 Å². The second kappa shape index (κ2) is 8.10. The van der Waals surface area contributed by atoms with Crippen molar-refractivity contribution < 1.29 is 27.5 Å². The number of nitrogens with one attached hydrogen (secondary N) is 2. The maximum Gasteiger partial charge on any atom is 0.229 e. The van der Waals surface area contributed by atoms with Gasteiger partial charge in [-0.2, -0.15) is 0 Å². The predicted octanol–water partition coefficient (Wildman–Crippen LogP) is 2.13. The first-order chi connectivity index (χ1) is 14.7. The standard InChI is InChI=1S/C21H23N3O6S/c1-13-3-4-15(10-17(13)23-31(2,27)28)22-21(26)14-9-20(25)24(12-14)16-5-6-18-19(11-16)30-8-7-29-18/h3-6,10-11,14,23H,7-9,12H2,1-2H3,(H,22,26). The molecule has 31 heavy (non-hydrogen) atoms. The summed E-state index contributed by atoms with van der Waals surface area (Å²) >= 11 is 0. The zero-order chi connectivity index (χ0) is 22.2. The van der Waals surface area contributed by atoms with Gasteiger partial charge in [0.05, 0.1) is 17.9 Å². The minimum atomic E-state index is -3.45. The average Bonchev–Trinajstić information content (AvgIpc) is 3.11. The Hall–Kier alpha value is -3.27. The van der Waals surface area contributed by atoms with Gasteiger partial charge in [0.15, 0.2) is 11.5 Å². The lowest BCUT2D eigenvalue weighted by Gasteiger charge is -2.22. The molecule has 9 nitrogen and oxygen atoms in total. The second-order valence-corrected chi connectivity index (χ2v) is 9.37. The van der Waals surface area contributed by atoms with Crippen LogP contribution in [0.5, 0.6) is 11.5 Å². The first-order valence-electron chi connectivity index (χ1n) is 9.79. The third-order valence-corrected chi connectivity index (χ3v) is 5.72. The van der Waals surface area contributed by atoms with Gasteiger partial charge in [-0.05, 0) is 36.8 Å². The van der Waals surface area contributed by atoms with Gasteiger partial charge in [-0.15, -0.1) is 0 Å². The molecule has 0 aliphatic carbocycles. The van der Waals surface area contributed by atoms with Crippen LogP contribution >= 0.6 is 0 Å². The molecule has 2 aliphatic rings. The fourth-order valence-electron chi connectivity index (χ4n) is 3.59. The van der Waals surface area contributed by atoms with Crippen LogP contribution in [0.2, 0.25) is 0 Å². The zero-order valence-corrected chi connectivity index (χ0v) is 18.0. The Balaban J connectivity index is 1.46. The smallest absolute Gasteiger partial charge is 0.229 e. The normalized spacial score (nSPS) is 18.1. The number of aryl methyl sites for hydroxylation is 1. The number of rotatable bonds is 5. The average molecular weight is 445 g/mol. The summed E-state index contributed by atoms with van der Waals surface area (Å²) in [6, 6.07) is 10.2. The van der Waals surface area contributed by atoms with Crippen molar-refractivity contribution in [2.75, 3.05) is 41.0 Å². The SMILES string of the molecule is Cc1ccc(NC(=O)C2CC(=O)N(c3ccc4c(c3)OCCO4)C2)cc1NS(C)(=O)=O. The highest BCUT2D eigenvalue weighted by molar-refractivity contribution is 7.92. The molecule has 2 N–H and O–H groups in total. The Kier molecular flexibility index (Phi) is 5.48. The van der Waals surface area contributed by atoms with Gasteiger partial charge in [-0.1, -0.05) is 6.07 Å². The monoisotopic (exact) mass is 445 g/mol. The highest BCUT2D eigenvalue weighted by atomic mass is 32.2. The number of ether oxygens (including phenoxy) is 2. The summed E-state index contributed by atoms with van der Waals surface area (Å²) in [5, 5.41) is 2.78. The van der Waals surface area contributed by atoms with Gasteiger partial charge in [-0.3, -0.25) is 14.3 Å². The molecule has 0 aromatic heterocycles. The third-order valence-electron chi connectivity index (χ3n) is 5.13. The number of carbonyl (C=O) groups excluding carboxylic acids is 2. The van der Waals surface area contributed by atoms with Crippen LogP contribution in [0.4, 0.5) is 17.1 Å². The lowest BCUT2D eigenvalue weighted by molar-refractivity contribution is -0.122. The first kappa shape index (κ1) is 21.0. The minimum absolute atomic E-state index is 0.0839. The van der Waals surface area contributed by atoms with Crippen molar-refractivity contribution in [3.8, 4) is 11.5 Å². The van der Waals surface area contributed by atoms with Gasteiger partial charge >= 0.3 is 0 Å². The van der Waals surface area contributed by atoms with Crippen LogP contribution in [0.15, 0.2) is 36.4 Å². The van der Waals surface area contributed by atoms with Crippen LogP contribution in [-0.4, -0.2) is 46.2 Å². The minimum Gasteiger partial charge on any atom is -0.486 e. The van der Waals surface area contributed by atoms with E-state index < -0.39 is 15.9 Å². The molecule has 0 bridgehead atoms. The summed E-state index contributed by atoms with van der Waals surface area (Å²) in [6.07, 6.45) is 1.15. The Morgan fingerprint density at radius 1 is 1.10 bits per heavy atom.